The van der Waals surface area contributed by atoms with Crippen LogP contribution in [0.3, 0.4) is 0 Å². The molecule has 0 spiro atoms. The lowest BCUT2D eigenvalue weighted by atomic mass is 10.1. The molecule has 0 saturated heterocycles. The van der Waals surface area contributed by atoms with Crippen LogP contribution in [0.1, 0.15) is 21.6 Å². The molecule has 2 aromatic rings. The van der Waals surface area contributed by atoms with Crippen LogP contribution in [0.4, 0.5) is 5.69 Å². The van der Waals surface area contributed by atoms with E-state index in [1.54, 1.807) is 0 Å². The van der Waals surface area contributed by atoms with Gasteiger partial charge in [0.05, 0.1) is 11.2 Å². The summed E-state index contributed by atoms with van der Waals surface area (Å²) in [6.07, 6.45) is 3.20. The second kappa shape index (κ2) is 8.79. The zero-order valence-corrected chi connectivity index (χ0v) is 17.6. The van der Waals surface area contributed by atoms with Crippen molar-refractivity contribution < 1.29 is 4.79 Å². The zero-order valence-electron chi connectivity index (χ0n) is 13.6. The predicted octanol–water partition coefficient (Wildman–Crippen LogP) is 3.86. The molecule has 1 aromatic heterocycles. The SMILES string of the molecule is CSc1ncc(Cl)c(C(=O)NNC(=S)Nc2c(C)cc(Br)cc2C)n1. The molecule has 0 bridgehead atoms. The summed E-state index contributed by atoms with van der Waals surface area (Å²) in [5, 5.41) is 3.93. The summed E-state index contributed by atoms with van der Waals surface area (Å²) in [6.45, 7) is 3.93. The number of carbonyl (C=O) groups excluding carboxylic acids is 1. The third kappa shape index (κ3) is 5.27. The fourth-order valence-electron chi connectivity index (χ4n) is 2.03. The van der Waals surface area contributed by atoms with E-state index in [0.717, 1.165) is 21.3 Å². The van der Waals surface area contributed by atoms with Gasteiger partial charge in [-0.05, 0) is 55.6 Å². The summed E-state index contributed by atoms with van der Waals surface area (Å²) in [5.41, 5.74) is 8.11. The van der Waals surface area contributed by atoms with Crippen LogP contribution in [0.25, 0.3) is 0 Å². The van der Waals surface area contributed by atoms with E-state index in [4.69, 9.17) is 23.8 Å². The van der Waals surface area contributed by atoms with E-state index in [0.29, 0.717) is 5.16 Å². The quantitative estimate of drug-likeness (QED) is 0.278. The van der Waals surface area contributed by atoms with Crippen molar-refractivity contribution in [2.75, 3.05) is 11.6 Å². The molecule has 6 nitrogen and oxygen atoms in total. The number of thiocarbonyl (C=S) groups is 1. The number of hydrazine groups is 1. The Morgan fingerprint density at radius 1 is 1.28 bits per heavy atom. The summed E-state index contributed by atoms with van der Waals surface area (Å²) in [4.78, 5) is 20.3. The number of nitrogens with zero attached hydrogens (tertiary/aromatic N) is 2. The molecule has 1 aromatic carbocycles. The molecule has 0 unspecified atom stereocenters. The second-order valence-corrected chi connectivity index (χ2v) is 7.51. The molecule has 0 fully saturated rings. The van der Waals surface area contributed by atoms with E-state index in [9.17, 15) is 4.79 Å². The van der Waals surface area contributed by atoms with E-state index in [1.807, 2.05) is 32.2 Å². The lowest BCUT2D eigenvalue weighted by Gasteiger charge is -2.16. The van der Waals surface area contributed by atoms with Gasteiger partial charge in [0.15, 0.2) is 16.0 Å². The average Bonchev–Trinajstić information content (AvgIpc) is 2.56. The Bertz CT molecular complexity index is 811. The summed E-state index contributed by atoms with van der Waals surface area (Å²) < 4.78 is 0.989. The van der Waals surface area contributed by atoms with Gasteiger partial charge in [-0.3, -0.25) is 15.6 Å². The van der Waals surface area contributed by atoms with Crippen molar-refractivity contribution in [1.82, 2.24) is 20.8 Å². The first-order valence-corrected chi connectivity index (χ1v) is 9.82. The standard InChI is InChI=1S/C15H15BrClN5OS2/c1-7-4-9(16)5-8(2)11(7)19-14(24)22-21-13(23)12-10(17)6-18-15(20-12)25-3/h4-6H,1-3H3,(H,21,23)(H2,19,22,24). The van der Waals surface area contributed by atoms with Crippen molar-refractivity contribution >= 4 is 68.2 Å². The highest BCUT2D eigenvalue weighted by Crippen LogP contribution is 2.25. The maximum Gasteiger partial charge on any atom is 0.289 e. The summed E-state index contributed by atoms with van der Waals surface area (Å²) in [6, 6.07) is 3.95. The van der Waals surface area contributed by atoms with Crippen molar-refractivity contribution in [3.63, 3.8) is 0 Å². The molecule has 1 amide bonds. The lowest BCUT2D eigenvalue weighted by molar-refractivity contribution is 0.0938. The van der Waals surface area contributed by atoms with E-state index >= 15 is 0 Å². The smallest absolute Gasteiger partial charge is 0.289 e. The van der Waals surface area contributed by atoms with Crippen LogP contribution in [0.2, 0.25) is 5.02 Å². The van der Waals surface area contributed by atoms with Gasteiger partial charge in [-0.2, -0.15) is 0 Å². The maximum atomic E-state index is 12.2. The Labute approximate surface area is 168 Å². The van der Waals surface area contributed by atoms with Crippen LogP contribution < -0.4 is 16.2 Å². The zero-order chi connectivity index (χ0) is 18.6. The highest BCUT2D eigenvalue weighted by molar-refractivity contribution is 9.10. The third-order valence-electron chi connectivity index (χ3n) is 3.15. The first-order chi connectivity index (χ1) is 11.8. The van der Waals surface area contributed by atoms with Crippen LogP contribution in [-0.2, 0) is 0 Å². The largest absolute Gasteiger partial charge is 0.331 e. The molecule has 25 heavy (non-hydrogen) atoms. The van der Waals surface area contributed by atoms with Crippen molar-refractivity contribution in [3.05, 3.63) is 44.6 Å². The minimum absolute atomic E-state index is 0.0762. The van der Waals surface area contributed by atoms with Crippen molar-refractivity contribution in [2.45, 2.75) is 19.0 Å². The molecular formula is C15H15BrClN5OS2. The van der Waals surface area contributed by atoms with E-state index in [2.05, 4.69) is 42.1 Å². The topological polar surface area (TPSA) is 78.9 Å². The number of hydrogen-bond donors (Lipinski definition) is 3. The Hall–Kier alpha value is -1.42. The number of benzene rings is 1. The third-order valence-corrected chi connectivity index (χ3v) is 4.65. The van der Waals surface area contributed by atoms with Gasteiger partial charge in [0.1, 0.15) is 0 Å². The van der Waals surface area contributed by atoms with Gasteiger partial charge in [0.25, 0.3) is 5.91 Å². The fraction of sp³-hybridized carbons (Fsp3) is 0.200. The molecular weight excluding hydrogens is 446 g/mol. The number of hydrogen-bond acceptors (Lipinski definition) is 5. The molecule has 1 heterocycles. The van der Waals surface area contributed by atoms with Crippen LogP contribution in [0.5, 0.6) is 0 Å². The molecule has 10 heteroatoms. The van der Waals surface area contributed by atoms with Gasteiger partial charge in [0, 0.05) is 10.2 Å². The van der Waals surface area contributed by atoms with Crippen molar-refractivity contribution in [1.29, 1.82) is 0 Å². The van der Waals surface area contributed by atoms with Crippen LogP contribution in [0.15, 0.2) is 28.0 Å². The monoisotopic (exact) mass is 459 g/mol. The lowest BCUT2D eigenvalue weighted by Crippen LogP contribution is -2.44. The Kier molecular flexibility index (Phi) is 7.00. The molecule has 0 saturated carbocycles. The molecule has 2 rings (SSSR count). The van der Waals surface area contributed by atoms with E-state index in [1.165, 1.54) is 18.0 Å². The Morgan fingerprint density at radius 3 is 2.52 bits per heavy atom. The number of anilines is 1. The normalized spacial score (nSPS) is 10.3. The number of aryl methyl sites for hydroxylation is 2. The molecule has 0 aliphatic rings. The van der Waals surface area contributed by atoms with Gasteiger partial charge < -0.3 is 5.32 Å². The first-order valence-electron chi connectivity index (χ1n) is 7.02. The number of thioether (sulfide) groups is 1. The molecule has 0 aliphatic carbocycles. The minimum atomic E-state index is -0.504. The van der Waals surface area contributed by atoms with Gasteiger partial charge in [-0.15, -0.1) is 0 Å². The van der Waals surface area contributed by atoms with Crippen molar-refractivity contribution in [3.8, 4) is 0 Å². The van der Waals surface area contributed by atoms with Crippen LogP contribution in [-0.4, -0.2) is 27.2 Å². The van der Waals surface area contributed by atoms with Crippen LogP contribution >= 0.6 is 51.5 Å². The number of aromatic nitrogens is 2. The molecule has 0 radical (unpaired) electrons. The fourth-order valence-corrected chi connectivity index (χ4v) is 3.39. The highest BCUT2D eigenvalue weighted by Gasteiger charge is 2.14. The van der Waals surface area contributed by atoms with E-state index < -0.39 is 5.91 Å². The highest BCUT2D eigenvalue weighted by atomic mass is 79.9. The number of carbonyl (C=O) groups is 1. The van der Waals surface area contributed by atoms with Crippen molar-refractivity contribution in [2.24, 2.45) is 0 Å². The average molecular weight is 461 g/mol. The first kappa shape index (κ1) is 19.9. The number of halogens is 2. The van der Waals surface area contributed by atoms with Gasteiger partial charge in [-0.25, -0.2) is 9.97 Å². The number of nitrogens with one attached hydrogen (secondary N) is 3. The second-order valence-electron chi connectivity index (χ2n) is 5.00. The molecule has 0 aliphatic heterocycles. The summed E-state index contributed by atoms with van der Waals surface area (Å²) >= 11 is 16.0. The minimum Gasteiger partial charge on any atom is -0.331 e. The Balaban J connectivity index is 2.02. The van der Waals surface area contributed by atoms with Gasteiger partial charge in [-0.1, -0.05) is 39.3 Å². The van der Waals surface area contributed by atoms with Gasteiger partial charge >= 0.3 is 0 Å². The molecule has 0 atom stereocenters. The van der Waals surface area contributed by atoms with Crippen LogP contribution in [0, 0.1) is 13.8 Å². The summed E-state index contributed by atoms with van der Waals surface area (Å²) in [5.74, 6) is -0.504. The van der Waals surface area contributed by atoms with E-state index in [-0.39, 0.29) is 15.8 Å². The predicted molar refractivity (Wildman–Crippen MR) is 109 cm³/mol. The summed E-state index contributed by atoms with van der Waals surface area (Å²) in [7, 11) is 0. The van der Waals surface area contributed by atoms with Gasteiger partial charge in [0.2, 0.25) is 0 Å². The Morgan fingerprint density at radius 2 is 1.92 bits per heavy atom. The molecule has 3 N–H and O–H groups in total. The molecule has 132 valence electrons. The number of rotatable bonds is 3. The number of amides is 1. The maximum absolute atomic E-state index is 12.2.